The molecule has 1 aromatic carbocycles. The fraction of sp³-hybridized carbons (Fsp3) is 0.571. The van der Waals surface area contributed by atoms with Gasteiger partial charge in [-0.05, 0) is 12.5 Å². The van der Waals surface area contributed by atoms with Crippen molar-refractivity contribution in [1.82, 2.24) is 0 Å². The largest absolute Gasteiger partial charge is 0.376 e. The molecule has 1 fully saturated rings. The summed E-state index contributed by atoms with van der Waals surface area (Å²) in [6.45, 7) is 2.26. The molecule has 19 heavy (non-hydrogen) atoms. The van der Waals surface area contributed by atoms with Crippen molar-refractivity contribution in [1.29, 1.82) is 0 Å². The maximum atomic E-state index is 9.75. The lowest BCUT2D eigenvalue weighted by molar-refractivity contribution is -0.253. The highest BCUT2D eigenvalue weighted by molar-refractivity contribution is 5.13. The van der Waals surface area contributed by atoms with Gasteiger partial charge in [0.25, 0.3) is 0 Å². The average Bonchev–Trinajstić information content (AvgIpc) is 2.42. The molecular formula is C14H21NO4. The normalized spacial score (nSPS) is 35.3. The molecule has 0 aromatic heterocycles. The Hall–Kier alpha value is -0.980. The van der Waals surface area contributed by atoms with Crippen molar-refractivity contribution in [3.63, 3.8) is 0 Å². The fourth-order valence-corrected chi connectivity index (χ4v) is 2.33. The van der Waals surface area contributed by atoms with Gasteiger partial charge in [0.2, 0.25) is 0 Å². The first-order valence-corrected chi connectivity index (χ1v) is 6.41. The van der Waals surface area contributed by atoms with Crippen molar-refractivity contribution >= 4 is 0 Å². The maximum absolute atomic E-state index is 9.75. The molecule has 0 aliphatic carbocycles. The van der Waals surface area contributed by atoms with E-state index < -0.39 is 18.4 Å². The van der Waals surface area contributed by atoms with E-state index in [2.05, 4.69) is 0 Å². The summed E-state index contributed by atoms with van der Waals surface area (Å²) < 4.78 is 16.5. The quantitative estimate of drug-likeness (QED) is 0.838. The van der Waals surface area contributed by atoms with Gasteiger partial charge in [-0.3, -0.25) is 0 Å². The molecule has 5 nitrogen and oxygen atoms in total. The van der Waals surface area contributed by atoms with Crippen molar-refractivity contribution in [2.24, 2.45) is 5.73 Å². The van der Waals surface area contributed by atoms with E-state index in [0.717, 1.165) is 5.56 Å². The van der Waals surface area contributed by atoms with Gasteiger partial charge in [-0.25, -0.2) is 0 Å². The Kier molecular flexibility index (Phi) is 4.90. The van der Waals surface area contributed by atoms with E-state index in [0.29, 0.717) is 6.61 Å². The summed E-state index contributed by atoms with van der Waals surface area (Å²) in [6, 6.07) is 9.19. The number of benzene rings is 1. The Bertz CT molecular complexity index is 386. The van der Waals surface area contributed by atoms with Crippen LogP contribution in [-0.2, 0) is 20.8 Å². The van der Waals surface area contributed by atoms with Gasteiger partial charge < -0.3 is 25.1 Å². The lowest BCUT2D eigenvalue weighted by atomic mass is 9.98. The number of nitrogens with two attached hydrogens (primary N) is 1. The van der Waals surface area contributed by atoms with Crippen LogP contribution in [-0.4, -0.2) is 42.9 Å². The highest BCUT2D eigenvalue weighted by atomic mass is 16.6. The van der Waals surface area contributed by atoms with Gasteiger partial charge in [-0.1, -0.05) is 30.3 Å². The summed E-state index contributed by atoms with van der Waals surface area (Å²) in [6.07, 6.45) is -1.98. The SMILES string of the molecule is COC1C(C)OC(O)C(N)C1OCc1ccccc1. The second kappa shape index (κ2) is 6.45. The fourth-order valence-electron chi connectivity index (χ4n) is 2.33. The Morgan fingerprint density at radius 1 is 1.26 bits per heavy atom. The number of aliphatic hydroxyl groups excluding tert-OH is 1. The molecule has 0 saturated carbocycles. The standard InChI is InChI=1S/C14H21NO4/c1-9-12(17-2)13(11(15)14(16)19-9)18-8-10-6-4-3-5-7-10/h3-7,9,11-14,16H,8,15H2,1-2H3. The van der Waals surface area contributed by atoms with Gasteiger partial charge in [0.05, 0.1) is 18.8 Å². The summed E-state index contributed by atoms with van der Waals surface area (Å²) in [5.41, 5.74) is 6.99. The van der Waals surface area contributed by atoms with E-state index in [4.69, 9.17) is 19.9 Å². The summed E-state index contributed by atoms with van der Waals surface area (Å²) >= 11 is 0. The zero-order valence-electron chi connectivity index (χ0n) is 11.2. The predicted molar refractivity (Wildman–Crippen MR) is 70.3 cm³/mol. The van der Waals surface area contributed by atoms with Crippen LogP contribution in [0.15, 0.2) is 30.3 Å². The number of hydrogen-bond acceptors (Lipinski definition) is 5. The molecular weight excluding hydrogens is 246 g/mol. The number of ether oxygens (including phenoxy) is 3. The van der Waals surface area contributed by atoms with E-state index >= 15 is 0 Å². The smallest absolute Gasteiger partial charge is 0.172 e. The first-order chi connectivity index (χ1) is 9.13. The third-order valence-corrected chi connectivity index (χ3v) is 3.41. The predicted octanol–water partition coefficient (Wildman–Crippen LogP) is 0.651. The van der Waals surface area contributed by atoms with Crippen molar-refractivity contribution < 1.29 is 19.3 Å². The van der Waals surface area contributed by atoms with Gasteiger partial charge >= 0.3 is 0 Å². The summed E-state index contributed by atoms with van der Waals surface area (Å²) in [7, 11) is 1.59. The zero-order chi connectivity index (χ0) is 13.8. The Balaban J connectivity index is 2.02. The summed E-state index contributed by atoms with van der Waals surface area (Å²) in [4.78, 5) is 0. The van der Waals surface area contributed by atoms with Crippen LogP contribution in [0.25, 0.3) is 0 Å². The van der Waals surface area contributed by atoms with Gasteiger partial charge in [0, 0.05) is 7.11 Å². The Morgan fingerprint density at radius 3 is 2.58 bits per heavy atom. The molecule has 1 aromatic rings. The monoisotopic (exact) mass is 267 g/mol. The minimum Gasteiger partial charge on any atom is -0.376 e. The first kappa shape index (κ1) is 14.4. The molecule has 0 spiro atoms. The van der Waals surface area contributed by atoms with Crippen LogP contribution in [0.4, 0.5) is 0 Å². The minimum atomic E-state index is -1.03. The minimum absolute atomic E-state index is 0.263. The molecule has 1 heterocycles. The molecule has 2 rings (SSSR count). The molecule has 5 unspecified atom stereocenters. The number of aliphatic hydroxyl groups is 1. The molecule has 5 atom stereocenters. The Labute approximate surface area is 113 Å². The van der Waals surface area contributed by atoms with E-state index in [9.17, 15) is 5.11 Å². The summed E-state index contributed by atoms with van der Waals surface area (Å²) in [5, 5.41) is 9.75. The van der Waals surface area contributed by atoms with Crippen LogP contribution < -0.4 is 5.73 Å². The van der Waals surface area contributed by atoms with Crippen LogP contribution >= 0.6 is 0 Å². The maximum Gasteiger partial charge on any atom is 0.172 e. The highest BCUT2D eigenvalue weighted by Crippen LogP contribution is 2.23. The van der Waals surface area contributed by atoms with Gasteiger partial charge in [-0.15, -0.1) is 0 Å². The molecule has 0 amide bonds. The van der Waals surface area contributed by atoms with Crippen molar-refractivity contribution in [3.05, 3.63) is 35.9 Å². The molecule has 1 aliphatic heterocycles. The molecule has 0 radical (unpaired) electrons. The van der Waals surface area contributed by atoms with E-state index in [1.54, 1.807) is 7.11 Å². The highest BCUT2D eigenvalue weighted by Gasteiger charge is 2.42. The molecule has 1 aliphatic rings. The third kappa shape index (κ3) is 3.32. The zero-order valence-corrected chi connectivity index (χ0v) is 11.2. The first-order valence-electron chi connectivity index (χ1n) is 6.41. The van der Waals surface area contributed by atoms with Crippen LogP contribution in [0.5, 0.6) is 0 Å². The van der Waals surface area contributed by atoms with Gasteiger partial charge in [-0.2, -0.15) is 0 Å². The van der Waals surface area contributed by atoms with E-state index in [1.807, 2.05) is 37.3 Å². The number of methoxy groups -OCH3 is 1. The third-order valence-electron chi connectivity index (χ3n) is 3.41. The number of rotatable bonds is 4. The van der Waals surface area contributed by atoms with Crippen LogP contribution in [0, 0.1) is 0 Å². The van der Waals surface area contributed by atoms with Gasteiger partial charge in [0.15, 0.2) is 6.29 Å². The number of hydrogen-bond donors (Lipinski definition) is 2. The van der Waals surface area contributed by atoms with Crippen LogP contribution in [0.3, 0.4) is 0 Å². The van der Waals surface area contributed by atoms with Gasteiger partial charge in [0.1, 0.15) is 12.2 Å². The average molecular weight is 267 g/mol. The van der Waals surface area contributed by atoms with E-state index in [1.165, 1.54) is 0 Å². The molecule has 5 heteroatoms. The lowest BCUT2D eigenvalue weighted by Gasteiger charge is -2.41. The van der Waals surface area contributed by atoms with Crippen molar-refractivity contribution in [2.45, 2.75) is 44.2 Å². The lowest BCUT2D eigenvalue weighted by Crippen LogP contribution is -2.61. The molecule has 1 saturated heterocycles. The molecule has 0 bridgehead atoms. The Morgan fingerprint density at radius 2 is 1.95 bits per heavy atom. The molecule has 106 valence electrons. The van der Waals surface area contributed by atoms with Crippen molar-refractivity contribution in [2.75, 3.05) is 7.11 Å². The van der Waals surface area contributed by atoms with Crippen molar-refractivity contribution in [3.8, 4) is 0 Å². The van der Waals surface area contributed by atoms with E-state index in [-0.39, 0.29) is 12.2 Å². The van der Waals surface area contributed by atoms with Crippen LogP contribution in [0.2, 0.25) is 0 Å². The van der Waals surface area contributed by atoms with Crippen LogP contribution in [0.1, 0.15) is 12.5 Å². The summed E-state index contributed by atoms with van der Waals surface area (Å²) in [5.74, 6) is 0. The second-order valence-electron chi connectivity index (χ2n) is 4.77. The molecule has 3 N–H and O–H groups in total. The second-order valence-corrected chi connectivity index (χ2v) is 4.77. The topological polar surface area (TPSA) is 73.9 Å².